The Morgan fingerprint density at radius 3 is 2.52 bits per heavy atom. The van der Waals surface area contributed by atoms with Crippen LogP contribution in [0.5, 0.6) is 0 Å². The second-order valence-electron chi connectivity index (χ2n) is 6.63. The van der Waals surface area contributed by atoms with Crippen molar-refractivity contribution >= 4 is 22.6 Å². The van der Waals surface area contributed by atoms with E-state index in [1.807, 2.05) is 12.1 Å². The maximum Gasteiger partial charge on any atom is 0.151 e. The molecule has 0 aliphatic carbocycles. The molecule has 1 aliphatic heterocycles. The fourth-order valence-corrected chi connectivity index (χ4v) is 4.00. The lowest BCUT2D eigenvalue weighted by atomic mass is 10.0. The van der Waals surface area contributed by atoms with Crippen LogP contribution in [0.3, 0.4) is 0 Å². The number of imidazole rings is 1. The van der Waals surface area contributed by atoms with Crippen LogP contribution in [0.25, 0.3) is 11.0 Å². The summed E-state index contributed by atoms with van der Waals surface area (Å²) in [5, 5.41) is 0. The van der Waals surface area contributed by atoms with E-state index in [9.17, 15) is 4.39 Å². The summed E-state index contributed by atoms with van der Waals surface area (Å²) in [6.07, 6.45) is 2.05. The lowest BCUT2D eigenvalue weighted by Crippen LogP contribution is -2.34. The Kier molecular flexibility index (Phi) is 4.73. The number of hydrogen-bond acceptors (Lipinski definition) is 2. The highest BCUT2D eigenvalue weighted by molar-refractivity contribution is 6.16. The number of aromatic nitrogens is 2. The lowest BCUT2D eigenvalue weighted by molar-refractivity contribution is 0.180. The molecule has 0 N–H and O–H groups in total. The Balaban J connectivity index is 1.53. The number of nitrogens with zero attached hydrogens (tertiary/aromatic N) is 3. The smallest absolute Gasteiger partial charge is 0.151 e. The largest absolute Gasteiger partial charge is 0.324 e. The van der Waals surface area contributed by atoms with Crippen LogP contribution < -0.4 is 0 Å². The summed E-state index contributed by atoms with van der Waals surface area (Å²) in [7, 11) is 0. The van der Waals surface area contributed by atoms with Crippen molar-refractivity contribution < 1.29 is 4.39 Å². The SMILES string of the molecule is Fc1cccc2c1nc(CCl)n2C1CCN(Cc2ccccc2)CC1. The fraction of sp³-hybridized carbons (Fsp3) is 0.350. The molecule has 0 unspecified atom stereocenters. The first-order valence-electron chi connectivity index (χ1n) is 8.74. The van der Waals surface area contributed by atoms with Gasteiger partial charge in [-0.1, -0.05) is 36.4 Å². The van der Waals surface area contributed by atoms with E-state index in [4.69, 9.17) is 11.6 Å². The summed E-state index contributed by atoms with van der Waals surface area (Å²) in [6, 6.07) is 16.0. The van der Waals surface area contributed by atoms with Crippen molar-refractivity contribution in [1.82, 2.24) is 14.5 Å². The third-order valence-corrected chi connectivity index (χ3v) is 5.27. The van der Waals surface area contributed by atoms with Gasteiger partial charge in [0, 0.05) is 25.7 Å². The Labute approximate surface area is 152 Å². The molecule has 1 saturated heterocycles. The molecular weight excluding hydrogens is 337 g/mol. The predicted molar refractivity (Wildman–Crippen MR) is 99.2 cm³/mol. The Bertz CT molecular complexity index is 854. The third kappa shape index (κ3) is 3.29. The van der Waals surface area contributed by atoms with Crippen LogP contribution in [0.15, 0.2) is 48.5 Å². The molecular formula is C20H21ClFN3. The molecule has 0 radical (unpaired) electrons. The standard InChI is InChI=1S/C20H21ClFN3/c21-13-19-23-20-17(22)7-4-8-18(20)25(19)16-9-11-24(12-10-16)14-15-5-2-1-3-6-15/h1-8,16H,9-14H2. The van der Waals surface area contributed by atoms with E-state index >= 15 is 0 Å². The van der Waals surface area contributed by atoms with Gasteiger partial charge in [-0.05, 0) is 30.5 Å². The summed E-state index contributed by atoms with van der Waals surface area (Å²) in [4.78, 5) is 6.91. The van der Waals surface area contributed by atoms with Gasteiger partial charge in [0.2, 0.25) is 0 Å². The molecule has 0 bridgehead atoms. The van der Waals surface area contributed by atoms with Crippen molar-refractivity contribution in [2.75, 3.05) is 13.1 Å². The van der Waals surface area contributed by atoms with E-state index in [1.165, 1.54) is 11.6 Å². The summed E-state index contributed by atoms with van der Waals surface area (Å²) in [6.45, 7) is 3.03. The van der Waals surface area contributed by atoms with Crippen LogP contribution in [-0.4, -0.2) is 27.5 Å². The number of rotatable bonds is 4. The molecule has 3 nitrogen and oxygen atoms in total. The summed E-state index contributed by atoms with van der Waals surface area (Å²) in [5.41, 5.74) is 2.64. The number of fused-ring (bicyclic) bond motifs is 1. The van der Waals surface area contributed by atoms with Crippen LogP contribution in [0.4, 0.5) is 4.39 Å². The maximum atomic E-state index is 14.1. The molecule has 130 valence electrons. The van der Waals surface area contributed by atoms with E-state index in [1.54, 1.807) is 6.07 Å². The minimum absolute atomic E-state index is 0.274. The molecule has 0 amide bonds. The molecule has 0 saturated carbocycles. The second-order valence-corrected chi connectivity index (χ2v) is 6.90. The molecule has 2 heterocycles. The van der Waals surface area contributed by atoms with Gasteiger partial charge in [-0.15, -0.1) is 11.6 Å². The van der Waals surface area contributed by atoms with Gasteiger partial charge < -0.3 is 4.57 Å². The molecule has 3 aromatic rings. The van der Waals surface area contributed by atoms with Crippen LogP contribution in [0.2, 0.25) is 0 Å². The van der Waals surface area contributed by atoms with Crippen LogP contribution in [-0.2, 0) is 12.4 Å². The third-order valence-electron chi connectivity index (χ3n) is 5.03. The van der Waals surface area contributed by atoms with Gasteiger partial charge in [-0.25, -0.2) is 9.37 Å². The van der Waals surface area contributed by atoms with E-state index in [0.29, 0.717) is 17.4 Å². The summed E-state index contributed by atoms with van der Waals surface area (Å²) in [5.74, 6) is 0.797. The highest BCUT2D eigenvalue weighted by Gasteiger charge is 2.25. The van der Waals surface area contributed by atoms with Crippen molar-refractivity contribution in [1.29, 1.82) is 0 Å². The highest BCUT2D eigenvalue weighted by Crippen LogP contribution is 2.30. The van der Waals surface area contributed by atoms with Crippen LogP contribution in [0.1, 0.15) is 30.3 Å². The number of para-hydroxylation sites is 1. The van der Waals surface area contributed by atoms with Gasteiger partial charge in [-0.3, -0.25) is 4.90 Å². The molecule has 1 aliphatic rings. The highest BCUT2D eigenvalue weighted by atomic mass is 35.5. The van der Waals surface area contributed by atoms with Crippen molar-refractivity contribution in [2.24, 2.45) is 0 Å². The number of piperidine rings is 1. The number of alkyl halides is 1. The second kappa shape index (κ2) is 7.14. The van der Waals surface area contributed by atoms with Gasteiger partial charge in [0.1, 0.15) is 11.3 Å². The van der Waals surface area contributed by atoms with Crippen LogP contribution in [0, 0.1) is 5.82 Å². The number of hydrogen-bond donors (Lipinski definition) is 0. The monoisotopic (exact) mass is 357 g/mol. The molecule has 1 fully saturated rings. The first kappa shape index (κ1) is 16.6. The zero-order chi connectivity index (χ0) is 17.2. The first-order valence-corrected chi connectivity index (χ1v) is 9.27. The molecule has 25 heavy (non-hydrogen) atoms. The van der Waals surface area contributed by atoms with Gasteiger partial charge in [0.05, 0.1) is 11.4 Å². The number of benzene rings is 2. The van der Waals surface area contributed by atoms with Crippen molar-refractivity contribution in [3.05, 3.63) is 65.7 Å². The van der Waals surface area contributed by atoms with Crippen molar-refractivity contribution in [2.45, 2.75) is 31.3 Å². The minimum Gasteiger partial charge on any atom is -0.324 e. The van der Waals surface area contributed by atoms with Gasteiger partial charge in [-0.2, -0.15) is 0 Å². The maximum absolute atomic E-state index is 14.1. The molecule has 4 rings (SSSR count). The zero-order valence-electron chi connectivity index (χ0n) is 14.0. The molecule has 1 aromatic heterocycles. The Morgan fingerprint density at radius 1 is 1.04 bits per heavy atom. The van der Waals surface area contributed by atoms with E-state index in [-0.39, 0.29) is 5.82 Å². The molecule has 0 spiro atoms. The Morgan fingerprint density at radius 2 is 1.80 bits per heavy atom. The topological polar surface area (TPSA) is 21.1 Å². The van der Waals surface area contributed by atoms with Crippen molar-refractivity contribution in [3.8, 4) is 0 Å². The Hall–Kier alpha value is -1.91. The van der Waals surface area contributed by atoms with Gasteiger partial charge >= 0.3 is 0 Å². The average molecular weight is 358 g/mol. The summed E-state index contributed by atoms with van der Waals surface area (Å²) < 4.78 is 16.2. The van der Waals surface area contributed by atoms with Gasteiger partial charge in [0.25, 0.3) is 0 Å². The molecule has 5 heteroatoms. The average Bonchev–Trinajstić information content (AvgIpc) is 3.03. The predicted octanol–water partition coefficient (Wildman–Crippen LogP) is 4.75. The zero-order valence-corrected chi connectivity index (χ0v) is 14.8. The van der Waals surface area contributed by atoms with Crippen LogP contribution >= 0.6 is 11.6 Å². The van der Waals surface area contributed by atoms with E-state index < -0.39 is 0 Å². The minimum atomic E-state index is -0.274. The molecule has 2 aromatic carbocycles. The summed E-state index contributed by atoms with van der Waals surface area (Å²) >= 11 is 6.09. The van der Waals surface area contributed by atoms with Crippen molar-refractivity contribution in [3.63, 3.8) is 0 Å². The quantitative estimate of drug-likeness (QED) is 0.628. The van der Waals surface area contributed by atoms with E-state index in [2.05, 4.69) is 38.7 Å². The van der Waals surface area contributed by atoms with Gasteiger partial charge in [0.15, 0.2) is 5.82 Å². The normalized spacial score (nSPS) is 16.6. The number of likely N-dealkylation sites (tertiary alicyclic amines) is 1. The first-order chi connectivity index (χ1) is 12.3. The fourth-order valence-electron chi connectivity index (χ4n) is 3.81. The van der Waals surface area contributed by atoms with E-state index in [0.717, 1.165) is 43.8 Å². The number of halogens is 2. The molecule has 0 atom stereocenters. The lowest BCUT2D eigenvalue weighted by Gasteiger charge is -2.33.